The zero-order valence-corrected chi connectivity index (χ0v) is 19.2. The Labute approximate surface area is 190 Å². The molecule has 0 aromatic rings. The first kappa shape index (κ1) is 27.2. The van der Waals surface area contributed by atoms with Gasteiger partial charge in [0.25, 0.3) is 0 Å². The van der Waals surface area contributed by atoms with Crippen molar-refractivity contribution in [2.45, 2.75) is 0 Å². The minimum absolute atomic E-state index is 0.529. The molecule has 0 aromatic carbocycles. The van der Waals surface area contributed by atoms with Gasteiger partial charge in [-0.15, -0.1) is 0 Å². The summed E-state index contributed by atoms with van der Waals surface area (Å²) in [5.74, 6) is 0. The lowest BCUT2D eigenvalue weighted by molar-refractivity contribution is -0.000633. The van der Waals surface area contributed by atoms with Crippen molar-refractivity contribution in [3.63, 3.8) is 0 Å². The molecule has 0 amide bonds. The van der Waals surface area contributed by atoms with Gasteiger partial charge in [0.05, 0.1) is 79.3 Å². The summed E-state index contributed by atoms with van der Waals surface area (Å²) in [5.41, 5.74) is 0. The molecular weight excluding hydrogens is 432 g/mol. The minimum atomic E-state index is 0.529. The highest BCUT2D eigenvalue weighted by Gasteiger charge is 1.98. The van der Waals surface area contributed by atoms with E-state index in [4.69, 9.17) is 52.9 Å². The molecule has 0 atom stereocenters. The van der Waals surface area contributed by atoms with Crippen LogP contribution in [-0.2, 0) is 28.4 Å². The minimum Gasteiger partial charge on any atom is -0.377 e. The molecule has 176 valence electrons. The molecule has 0 spiro atoms. The van der Waals surface area contributed by atoms with Crippen LogP contribution in [0.3, 0.4) is 0 Å². The summed E-state index contributed by atoms with van der Waals surface area (Å²) in [6.07, 6.45) is 0. The third kappa shape index (κ3) is 19.1. The molecule has 0 unspecified atom stereocenters. The van der Waals surface area contributed by atoms with Gasteiger partial charge in [-0.05, 0) is 24.4 Å². The smallest absolute Gasteiger partial charge is 0.166 e. The molecule has 4 N–H and O–H groups in total. The van der Waals surface area contributed by atoms with E-state index in [1.807, 2.05) is 0 Å². The largest absolute Gasteiger partial charge is 0.377 e. The Morgan fingerprint density at radius 3 is 0.800 bits per heavy atom. The van der Waals surface area contributed by atoms with E-state index in [9.17, 15) is 0 Å². The molecule has 12 heteroatoms. The molecule has 0 aromatic heterocycles. The van der Waals surface area contributed by atoms with Crippen molar-refractivity contribution < 1.29 is 28.4 Å². The van der Waals surface area contributed by atoms with Gasteiger partial charge >= 0.3 is 0 Å². The fourth-order valence-electron chi connectivity index (χ4n) is 2.16. The van der Waals surface area contributed by atoms with E-state index in [2.05, 4.69) is 21.3 Å². The second-order valence-corrected chi connectivity index (χ2v) is 6.86. The van der Waals surface area contributed by atoms with Crippen LogP contribution in [0.1, 0.15) is 0 Å². The van der Waals surface area contributed by atoms with Gasteiger partial charge in [0.15, 0.2) is 10.2 Å². The molecule has 30 heavy (non-hydrogen) atoms. The number of ether oxygens (including phenoxy) is 6. The molecule has 1 fully saturated rings. The topological polar surface area (TPSA) is 104 Å². The molecule has 1 rings (SSSR count). The van der Waals surface area contributed by atoms with E-state index in [-0.39, 0.29) is 0 Å². The van der Waals surface area contributed by atoms with Crippen LogP contribution in [0.5, 0.6) is 0 Å². The van der Waals surface area contributed by atoms with E-state index in [0.717, 1.165) is 0 Å². The van der Waals surface area contributed by atoms with E-state index in [1.54, 1.807) is 0 Å². The highest BCUT2D eigenvalue weighted by Crippen LogP contribution is 1.84. The lowest BCUT2D eigenvalue weighted by Crippen LogP contribution is -2.39. The Balaban J connectivity index is 2.13. The van der Waals surface area contributed by atoms with Crippen LogP contribution < -0.4 is 21.3 Å². The zero-order valence-electron chi connectivity index (χ0n) is 17.6. The standard InChI is InChI=1S/C18H36N4O6S2/c29-17-19-1-5-23-9-10-24-6-2-20-18(30)22-4-8-26-12-14-28-16-15-27-13-11-25-7-3-21-17/h1-16H2,(H2,19,21,29)(H2,20,22,30). The lowest BCUT2D eigenvalue weighted by Gasteiger charge is -2.12. The average Bonchev–Trinajstić information content (AvgIpc) is 2.74. The van der Waals surface area contributed by atoms with Crippen molar-refractivity contribution in [3.05, 3.63) is 0 Å². The summed E-state index contributed by atoms with van der Waals surface area (Å²) in [7, 11) is 0. The fourth-order valence-corrected chi connectivity index (χ4v) is 2.56. The highest BCUT2D eigenvalue weighted by atomic mass is 32.1. The molecule has 1 heterocycles. The lowest BCUT2D eigenvalue weighted by atomic mass is 10.6. The first-order valence-corrected chi connectivity index (χ1v) is 11.1. The van der Waals surface area contributed by atoms with Gasteiger partial charge in [0, 0.05) is 26.2 Å². The van der Waals surface area contributed by atoms with Gasteiger partial charge < -0.3 is 49.7 Å². The van der Waals surface area contributed by atoms with Gasteiger partial charge in [-0.25, -0.2) is 0 Å². The van der Waals surface area contributed by atoms with Gasteiger partial charge in [-0.1, -0.05) is 0 Å². The fraction of sp³-hybridized carbons (Fsp3) is 0.889. The number of rotatable bonds is 0. The van der Waals surface area contributed by atoms with Crippen LogP contribution in [-0.4, -0.2) is 116 Å². The monoisotopic (exact) mass is 468 g/mol. The van der Waals surface area contributed by atoms with Crippen LogP contribution in [0.4, 0.5) is 0 Å². The summed E-state index contributed by atoms with van der Waals surface area (Å²) in [5, 5.41) is 13.5. The Hall–Kier alpha value is -0.860. The molecule has 10 nitrogen and oxygen atoms in total. The summed E-state index contributed by atoms with van der Waals surface area (Å²) in [6, 6.07) is 0. The first-order valence-electron chi connectivity index (χ1n) is 10.3. The van der Waals surface area contributed by atoms with Crippen LogP contribution in [0.2, 0.25) is 0 Å². The molecule has 0 radical (unpaired) electrons. The molecule has 0 saturated carbocycles. The molecular formula is C18H36N4O6S2. The maximum absolute atomic E-state index is 5.49. The van der Waals surface area contributed by atoms with Gasteiger partial charge in [0.2, 0.25) is 0 Å². The van der Waals surface area contributed by atoms with E-state index >= 15 is 0 Å². The van der Waals surface area contributed by atoms with E-state index < -0.39 is 0 Å². The van der Waals surface area contributed by atoms with Crippen LogP contribution in [0, 0.1) is 0 Å². The number of nitrogens with one attached hydrogen (secondary N) is 4. The van der Waals surface area contributed by atoms with Crippen molar-refractivity contribution in [2.75, 3.05) is 105 Å². The molecule has 1 aliphatic rings. The number of thiocarbonyl (C=S) groups is 2. The van der Waals surface area contributed by atoms with Crippen LogP contribution >= 0.6 is 24.4 Å². The zero-order chi connectivity index (χ0) is 21.5. The van der Waals surface area contributed by atoms with Crippen molar-refractivity contribution in [1.82, 2.24) is 21.3 Å². The normalized spacial score (nSPS) is 22.3. The van der Waals surface area contributed by atoms with Crippen LogP contribution in [0.15, 0.2) is 0 Å². The third-order valence-corrected chi connectivity index (χ3v) is 4.19. The molecule has 1 aliphatic heterocycles. The van der Waals surface area contributed by atoms with Crippen molar-refractivity contribution in [3.8, 4) is 0 Å². The maximum atomic E-state index is 5.49. The molecule has 0 bridgehead atoms. The SMILES string of the molecule is S=C1NCCOCCOCCNC(=S)NCCOCCOCCOCCOCCN1. The van der Waals surface area contributed by atoms with Gasteiger partial charge in [0.1, 0.15) is 0 Å². The van der Waals surface area contributed by atoms with Crippen molar-refractivity contribution >= 4 is 34.7 Å². The maximum Gasteiger partial charge on any atom is 0.166 e. The van der Waals surface area contributed by atoms with Crippen molar-refractivity contribution in [1.29, 1.82) is 0 Å². The molecule has 1 saturated heterocycles. The second-order valence-electron chi connectivity index (χ2n) is 6.04. The number of hydrogen-bond donors (Lipinski definition) is 4. The quantitative estimate of drug-likeness (QED) is 0.329. The number of hydrogen-bond acceptors (Lipinski definition) is 8. The Kier molecular flexibility index (Phi) is 19.4. The van der Waals surface area contributed by atoms with E-state index in [1.165, 1.54) is 0 Å². The first-order chi connectivity index (χ1) is 14.8. The predicted molar refractivity (Wildman–Crippen MR) is 122 cm³/mol. The second kappa shape index (κ2) is 21.4. The average molecular weight is 469 g/mol. The summed E-state index contributed by atoms with van der Waals surface area (Å²) < 4.78 is 32.8. The third-order valence-electron chi connectivity index (χ3n) is 3.62. The predicted octanol–water partition coefficient (Wildman–Crippen LogP) is -0.972. The summed E-state index contributed by atoms with van der Waals surface area (Å²) in [4.78, 5) is 0. The van der Waals surface area contributed by atoms with Gasteiger partial charge in [-0.3, -0.25) is 0 Å². The van der Waals surface area contributed by atoms with Gasteiger partial charge in [-0.2, -0.15) is 0 Å². The van der Waals surface area contributed by atoms with Crippen LogP contribution in [0.25, 0.3) is 0 Å². The Morgan fingerprint density at radius 1 is 0.367 bits per heavy atom. The van der Waals surface area contributed by atoms with E-state index in [0.29, 0.717) is 116 Å². The Morgan fingerprint density at radius 2 is 0.567 bits per heavy atom. The highest BCUT2D eigenvalue weighted by molar-refractivity contribution is 7.80. The Bertz CT molecular complexity index is 399. The molecule has 0 aliphatic carbocycles. The summed E-state index contributed by atoms with van der Waals surface area (Å²) in [6.45, 7) is 9.00. The van der Waals surface area contributed by atoms with Crippen molar-refractivity contribution in [2.24, 2.45) is 0 Å². The summed E-state index contributed by atoms with van der Waals surface area (Å²) >= 11 is 10.4.